The molecular formula is C14H19N3O4. The van der Waals surface area contributed by atoms with E-state index in [-0.39, 0.29) is 18.1 Å². The van der Waals surface area contributed by atoms with Crippen molar-refractivity contribution in [1.82, 2.24) is 15.5 Å². The van der Waals surface area contributed by atoms with Crippen LogP contribution in [0.5, 0.6) is 5.75 Å². The van der Waals surface area contributed by atoms with E-state index in [1.807, 2.05) is 6.92 Å². The zero-order valence-corrected chi connectivity index (χ0v) is 11.9. The van der Waals surface area contributed by atoms with Gasteiger partial charge in [0.2, 0.25) is 0 Å². The van der Waals surface area contributed by atoms with Crippen molar-refractivity contribution >= 4 is 5.91 Å². The van der Waals surface area contributed by atoms with Gasteiger partial charge in [-0.25, -0.2) is 0 Å². The van der Waals surface area contributed by atoms with Crippen LogP contribution >= 0.6 is 0 Å². The lowest BCUT2D eigenvalue weighted by Crippen LogP contribution is -2.46. The van der Waals surface area contributed by atoms with Gasteiger partial charge in [0.15, 0.2) is 5.75 Å². The van der Waals surface area contributed by atoms with Gasteiger partial charge < -0.3 is 19.5 Å². The van der Waals surface area contributed by atoms with Crippen molar-refractivity contribution in [2.45, 2.75) is 31.9 Å². The highest BCUT2D eigenvalue weighted by atomic mass is 16.5. The number of ether oxygens (including phenoxy) is 3. The molecule has 2 aliphatic heterocycles. The van der Waals surface area contributed by atoms with E-state index in [1.54, 1.807) is 12.4 Å². The van der Waals surface area contributed by atoms with Crippen LogP contribution in [-0.4, -0.2) is 48.1 Å². The number of nitrogens with one attached hydrogen (secondary N) is 2. The van der Waals surface area contributed by atoms with E-state index in [1.165, 1.54) is 0 Å². The molecule has 7 heteroatoms. The van der Waals surface area contributed by atoms with Gasteiger partial charge in [-0.05, 0) is 19.8 Å². The van der Waals surface area contributed by atoms with Gasteiger partial charge in [0.05, 0.1) is 43.8 Å². The number of carbonyl (C=O) groups is 1. The van der Waals surface area contributed by atoms with E-state index in [4.69, 9.17) is 14.2 Å². The third kappa shape index (κ3) is 3.18. The highest BCUT2D eigenvalue weighted by molar-refractivity contribution is 5.94. The summed E-state index contributed by atoms with van der Waals surface area (Å²) in [5.41, 5.74) is 0.718. The Morgan fingerprint density at radius 1 is 1.52 bits per heavy atom. The Labute approximate surface area is 122 Å². The Bertz CT molecular complexity index is 526. The van der Waals surface area contributed by atoms with Crippen LogP contribution in [0.4, 0.5) is 0 Å². The first kappa shape index (κ1) is 13.9. The van der Waals surface area contributed by atoms with Crippen molar-refractivity contribution in [2.75, 3.05) is 19.8 Å². The lowest BCUT2D eigenvalue weighted by Gasteiger charge is -2.23. The molecule has 1 amide bonds. The average molecular weight is 293 g/mol. The summed E-state index contributed by atoms with van der Waals surface area (Å²) in [6, 6.07) is -0.172. The number of carbonyl (C=O) groups excluding carboxylic acids is 1. The fraction of sp³-hybridized carbons (Fsp3) is 0.571. The van der Waals surface area contributed by atoms with Gasteiger partial charge in [0.25, 0.3) is 5.91 Å². The molecule has 3 rings (SSSR count). The van der Waals surface area contributed by atoms with Crippen molar-refractivity contribution in [1.29, 1.82) is 0 Å². The van der Waals surface area contributed by atoms with Gasteiger partial charge in [-0.2, -0.15) is 5.10 Å². The smallest absolute Gasteiger partial charge is 0.251 e. The van der Waals surface area contributed by atoms with Crippen molar-refractivity contribution in [3.05, 3.63) is 23.7 Å². The molecule has 1 fully saturated rings. The maximum atomic E-state index is 12.3. The molecule has 0 saturated carbocycles. The molecule has 114 valence electrons. The summed E-state index contributed by atoms with van der Waals surface area (Å²) in [6.45, 7) is 3.41. The van der Waals surface area contributed by atoms with Gasteiger partial charge in [0.1, 0.15) is 11.9 Å². The first-order valence-electron chi connectivity index (χ1n) is 7.10. The molecule has 2 atom stereocenters. The molecule has 1 saturated heterocycles. The number of hydrogen-bond acceptors (Lipinski definition) is 5. The van der Waals surface area contributed by atoms with Crippen molar-refractivity contribution in [3.63, 3.8) is 0 Å². The minimum atomic E-state index is -0.211. The van der Waals surface area contributed by atoms with Gasteiger partial charge in [-0.15, -0.1) is 0 Å². The average Bonchev–Trinajstić information content (AvgIpc) is 3.12. The van der Waals surface area contributed by atoms with Crippen LogP contribution in [-0.2, 0) is 14.3 Å². The maximum absolute atomic E-state index is 12.3. The summed E-state index contributed by atoms with van der Waals surface area (Å²) in [5, 5.41) is 9.51. The zero-order chi connectivity index (χ0) is 14.7. The Morgan fingerprint density at radius 3 is 3.19 bits per heavy atom. The SMILES string of the molecule is CC1=C(C(=O)N[C@H]2COC[C@H]2Oc2cn[nH]c2)CCCO1. The molecular weight excluding hydrogens is 274 g/mol. The first-order chi connectivity index (χ1) is 10.2. The summed E-state index contributed by atoms with van der Waals surface area (Å²) in [7, 11) is 0. The molecule has 1 aromatic heterocycles. The highest BCUT2D eigenvalue weighted by Gasteiger charge is 2.33. The van der Waals surface area contributed by atoms with Crippen molar-refractivity contribution in [3.8, 4) is 5.75 Å². The van der Waals surface area contributed by atoms with E-state index < -0.39 is 0 Å². The van der Waals surface area contributed by atoms with E-state index in [9.17, 15) is 4.79 Å². The summed E-state index contributed by atoms with van der Waals surface area (Å²) >= 11 is 0. The van der Waals surface area contributed by atoms with E-state index in [2.05, 4.69) is 15.5 Å². The monoisotopic (exact) mass is 293 g/mol. The van der Waals surface area contributed by atoms with Crippen LogP contribution in [0.25, 0.3) is 0 Å². The molecule has 0 radical (unpaired) electrons. The van der Waals surface area contributed by atoms with Crippen LogP contribution < -0.4 is 10.1 Å². The number of allylic oxidation sites excluding steroid dienone is 1. The quantitative estimate of drug-likeness (QED) is 0.856. The second kappa shape index (κ2) is 6.17. The van der Waals surface area contributed by atoms with Gasteiger partial charge in [-0.1, -0.05) is 0 Å². The fourth-order valence-corrected chi connectivity index (χ4v) is 2.53. The maximum Gasteiger partial charge on any atom is 0.251 e. The lowest BCUT2D eigenvalue weighted by atomic mass is 10.1. The second-order valence-electron chi connectivity index (χ2n) is 5.19. The third-order valence-electron chi connectivity index (χ3n) is 3.69. The van der Waals surface area contributed by atoms with Crippen LogP contribution in [0.2, 0.25) is 0 Å². The van der Waals surface area contributed by atoms with E-state index in [0.717, 1.165) is 18.4 Å². The number of rotatable bonds is 4. The zero-order valence-electron chi connectivity index (χ0n) is 11.9. The molecule has 2 N–H and O–H groups in total. The second-order valence-corrected chi connectivity index (χ2v) is 5.19. The van der Waals surface area contributed by atoms with Gasteiger partial charge in [-0.3, -0.25) is 9.89 Å². The number of aromatic amines is 1. The van der Waals surface area contributed by atoms with Crippen LogP contribution in [0.3, 0.4) is 0 Å². The standard InChI is InChI=1S/C14H19N3O4/c1-9-11(3-2-4-20-9)14(18)17-12-7-19-8-13(12)21-10-5-15-16-6-10/h5-6,12-13H,2-4,7-8H2,1H3,(H,15,16)(H,17,18)/t12-,13+/m0/s1. The molecule has 21 heavy (non-hydrogen) atoms. The Kier molecular flexibility index (Phi) is 4.10. The van der Waals surface area contributed by atoms with Crippen LogP contribution in [0, 0.1) is 0 Å². The number of amides is 1. The Balaban J connectivity index is 1.62. The molecule has 0 unspecified atom stereocenters. The first-order valence-corrected chi connectivity index (χ1v) is 7.10. The molecule has 0 spiro atoms. The number of H-pyrrole nitrogens is 1. The Morgan fingerprint density at radius 2 is 2.43 bits per heavy atom. The Hall–Kier alpha value is -2.02. The van der Waals surface area contributed by atoms with Crippen LogP contribution in [0.15, 0.2) is 23.7 Å². The normalized spacial score (nSPS) is 25.6. The molecule has 3 heterocycles. The predicted molar refractivity (Wildman–Crippen MR) is 73.6 cm³/mol. The third-order valence-corrected chi connectivity index (χ3v) is 3.69. The number of nitrogens with zero attached hydrogens (tertiary/aromatic N) is 1. The highest BCUT2D eigenvalue weighted by Crippen LogP contribution is 2.20. The molecule has 0 bridgehead atoms. The number of hydrogen-bond donors (Lipinski definition) is 2. The van der Waals surface area contributed by atoms with E-state index in [0.29, 0.717) is 31.3 Å². The van der Waals surface area contributed by atoms with Gasteiger partial charge in [0, 0.05) is 0 Å². The predicted octanol–water partition coefficient (Wildman–Crippen LogP) is 0.756. The number of aromatic nitrogens is 2. The van der Waals surface area contributed by atoms with Gasteiger partial charge >= 0.3 is 0 Å². The minimum Gasteiger partial charge on any atom is -0.498 e. The molecule has 7 nitrogen and oxygen atoms in total. The summed E-state index contributed by atoms with van der Waals surface area (Å²) in [6.07, 6.45) is 4.67. The summed E-state index contributed by atoms with van der Waals surface area (Å²) in [4.78, 5) is 12.3. The van der Waals surface area contributed by atoms with Crippen molar-refractivity contribution in [2.24, 2.45) is 0 Å². The van der Waals surface area contributed by atoms with E-state index >= 15 is 0 Å². The molecule has 0 aromatic carbocycles. The summed E-state index contributed by atoms with van der Waals surface area (Å²) < 4.78 is 16.6. The van der Waals surface area contributed by atoms with Crippen LogP contribution in [0.1, 0.15) is 19.8 Å². The summed E-state index contributed by atoms with van der Waals surface area (Å²) in [5.74, 6) is 1.26. The molecule has 0 aliphatic carbocycles. The molecule has 2 aliphatic rings. The van der Waals surface area contributed by atoms with Crippen molar-refractivity contribution < 1.29 is 19.0 Å². The fourth-order valence-electron chi connectivity index (χ4n) is 2.53. The largest absolute Gasteiger partial charge is 0.498 e. The minimum absolute atomic E-state index is 0.0940. The lowest BCUT2D eigenvalue weighted by molar-refractivity contribution is -0.119. The topological polar surface area (TPSA) is 85.5 Å². The molecule has 1 aromatic rings.